The van der Waals surface area contributed by atoms with Crippen LogP contribution in [0.15, 0.2) is 11.1 Å². The zero-order chi connectivity index (χ0) is 11.4. The second kappa shape index (κ2) is 4.92. The first-order chi connectivity index (χ1) is 7.00. The molecule has 0 aromatic carbocycles. The lowest BCUT2D eigenvalue weighted by atomic mass is 10.4. The number of hydrogen-bond acceptors (Lipinski definition) is 3. The van der Waals surface area contributed by atoms with Crippen molar-refractivity contribution in [2.45, 2.75) is 0 Å². The molecule has 1 heterocycles. The van der Waals surface area contributed by atoms with Crippen LogP contribution in [-0.2, 0) is 9.59 Å². The molecule has 4 amide bonds. The number of rotatable bonds is 4. The predicted octanol–water partition coefficient (Wildman–Crippen LogP) is -0.437. The number of halogens is 1. The molecule has 0 bridgehead atoms. The molecule has 0 aromatic heterocycles. The van der Waals surface area contributed by atoms with Gasteiger partial charge >= 0.3 is 6.03 Å². The van der Waals surface area contributed by atoms with E-state index in [2.05, 4.69) is 33.1 Å². The van der Waals surface area contributed by atoms with Crippen LogP contribution in [0.5, 0.6) is 0 Å². The Bertz CT molecular complexity index is 313. The number of urea groups is 1. The van der Waals surface area contributed by atoms with E-state index >= 15 is 0 Å². The third kappa shape index (κ3) is 3.35. The Morgan fingerprint density at radius 3 is 2.73 bits per heavy atom. The minimum Gasteiger partial charge on any atom is -0.350 e. The van der Waals surface area contributed by atoms with Gasteiger partial charge in [0.25, 0.3) is 5.91 Å². The molecule has 0 spiro atoms. The summed E-state index contributed by atoms with van der Waals surface area (Å²) in [4.78, 5) is 34.3. The predicted molar refractivity (Wildman–Crippen MR) is 56.2 cm³/mol. The molecule has 1 saturated heterocycles. The molecule has 82 valence electrons. The molecular weight excluding hydrogens is 266 g/mol. The average molecular weight is 276 g/mol. The molecule has 0 aliphatic carbocycles. The zero-order valence-electron chi connectivity index (χ0n) is 7.88. The average Bonchev–Trinajstić information content (AvgIpc) is 2.46. The van der Waals surface area contributed by atoms with E-state index in [-0.39, 0.29) is 19.6 Å². The number of carbonyl (C=O) groups excluding carboxylic acids is 3. The highest BCUT2D eigenvalue weighted by atomic mass is 79.9. The number of amides is 4. The second-order valence-electron chi connectivity index (χ2n) is 2.93. The van der Waals surface area contributed by atoms with Crippen molar-refractivity contribution in [1.82, 2.24) is 15.5 Å². The summed E-state index contributed by atoms with van der Waals surface area (Å²) in [6, 6.07) is -0.534. The molecule has 1 rings (SSSR count). The van der Waals surface area contributed by atoms with Crippen molar-refractivity contribution < 1.29 is 14.4 Å². The fraction of sp³-hybridized carbons (Fsp3) is 0.375. The number of imide groups is 1. The summed E-state index contributed by atoms with van der Waals surface area (Å²) in [5.74, 6) is -0.797. The van der Waals surface area contributed by atoms with Crippen molar-refractivity contribution in [2.24, 2.45) is 0 Å². The molecular formula is C8H10BrN3O3. The van der Waals surface area contributed by atoms with E-state index in [1.165, 1.54) is 0 Å². The van der Waals surface area contributed by atoms with Gasteiger partial charge in [0.15, 0.2) is 0 Å². The largest absolute Gasteiger partial charge is 0.350 e. The third-order valence-corrected chi connectivity index (χ3v) is 2.00. The van der Waals surface area contributed by atoms with Gasteiger partial charge in [0, 0.05) is 11.0 Å². The molecule has 15 heavy (non-hydrogen) atoms. The van der Waals surface area contributed by atoms with E-state index in [0.29, 0.717) is 4.48 Å². The maximum atomic E-state index is 11.2. The molecule has 7 heteroatoms. The zero-order valence-corrected chi connectivity index (χ0v) is 9.46. The second-order valence-corrected chi connectivity index (χ2v) is 4.05. The summed E-state index contributed by atoms with van der Waals surface area (Å²) in [5, 5.41) is 4.81. The van der Waals surface area contributed by atoms with Crippen LogP contribution < -0.4 is 10.6 Å². The highest BCUT2D eigenvalue weighted by Crippen LogP contribution is 1.99. The van der Waals surface area contributed by atoms with Crippen LogP contribution in [-0.4, -0.2) is 42.4 Å². The van der Waals surface area contributed by atoms with Crippen molar-refractivity contribution in [1.29, 1.82) is 0 Å². The van der Waals surface area contributed by atoms with Crippen molar-refractivity contribution >= 4 is 33.8 Å². The quantitative estimate of drug-likeness (QED) is 0.683. The van der Waals surface area contributed by atoms with Gasteiger partial charge in [-0.15, -0.1) is 0 Å². The molecule has 1 fully saturated rings. The highest BCUT2D eigenvalue weighted by molar-refractivity contribution is 9.11. The first kappa shape index (κ1) is 11.7. The Kier molecular flexibility index (Phi) is 3.84. The standard InChI is InChI=1S/C8H10BrN3O3/c1-5(9)2-10-6(13)4-12-7(14)3-11-8(12)15/h1-4H2,(H,10,13)(H,11,15). The summed E-state index contributed by atoms with van der Waals surface area (Å²) in [6.45, 7) is 3.49. The van der Waals surface area contributed by atoms with Crippen LogP contribution in [0.4, 0.5) is 4.79 Å². The Morgan fingerprint density at radius 1 is 1.60 bits per heavy atom. The summed E-state index contributed by atoms with van der Waals surface area (Å²) in [7, 11) is 0. The first-order valence-electron chi connectivity index (χ1n) is 4.19. The van der Waals surface area contributed by atoms with Crippen LogP contribution in [0.1, 0.15) is 0 Å². The Morgan fingerprint density at radius 2 is 2.27 bits per heavy atom. The van der Waals surface area contributed by atoms with E-state index < -0.39 is 17.8 Å². The van der Waals surface area contributed by atoms with Gasteiger partial charge in [-0.25, -0.2) is 4.79 Å². The van der Waals surface area contributed by atoms with Crippen molar-refractivity contribution in [2.75, 3.05) is 19.6 Å². The maximum Gasteiger partial charge on any atom is 0.325 e. The van der Waals surface area contributed by atoms with Gasteiger partial charge < -0.3 is 10.6 Å². The summed E-state index contributed by atoms with van der Waals surface area (Å²) < 4.78 is 0.619. The lowest BCUT2D eigenvalue weighted by Gasteiger charge is -2.11. The van der Waals surface area contributed by atoms with Crippen molar-refractivity contribution in [3.8, 4) is 0 Å². The highest BCUT2D eigenvalue weighted by Gasteiger charge is 2.29. The van der Waals surface area contributed by atoms with Gasteiger partial charge in [-0.05, 0) is 0 Å². The van der Waals surface area contributed by atoms with Crippen molar-refractivity contribution in [3.63, 3.8) is 0 Å². The molecule has 1 aliphatic heterocycles. The van der Waals surface area contributed by atoms with Gasteiger partial charge in [0.2, 0.25) is 5.91 Å². The van der Waals surface area contributed by atoms with Gasteiger partial charge in [0.05, 0.1) is 6.54 Å². The number of hydrogen-bond donors (Lipinski definition) is 2. The van der Waals surface area contributed by atoms with Crippen LogP contribution in [0.3, 0.4) is 0 Å². The third-order valence-electron chi connectivity index (χ3n) is 1.72. The first-order valence-corrected chi connectivity index (χ1v) is 4.98. The van der Waals surface area contributed by atoms with Gasteiger partial charge in [0.1, 0.15) is 6.54 Å². The van der Waals surface area contributed by atoms with Gasteiger partial charge in [-0.2, -0.15) is 0 Å². The smallest absolute Gasteiger partial charge is 0.325 e. The number of carbonyl (C=O) groups is 3. The fourth-order valence-corrected chi connectivity index (χ4v) is 1.15. The number of nitrogens with zero attached hydrogens (tertiary/aromatic N) is 1. The van der Waals surface area contributed by atoms with E-state index in [9.17, 15) is 14.4 Å². The normalized spacial score (nSPS) is 15.1. The SMILES string of the molecule is C=C(Br)CNC(=O)CN1C(=O)CNC1=O. The molecule has 0 unspecified atom stereocenters. The fourth-order valence-electron chi connectivity index (χ4n) is 1.01. The summed E-state index contributed by atoms with van der Waals surface area (Å²) in [6.07, 6.45) is 0. The topological polar surface area (TPSA) is 78.5 Å². The summed E-state index contributed by atoms with van der Waals surface area (Å²) >= 11 is 3.07. The van der Waals surface area contributed by atoms with Crippen LogP contribution in [0.25, 0.3) is 0 Å². The lowest BCUT2D eigenvalue weighted by Crippen LogP contribution is -2.41. The Hall–Kier alpha value is -1.37. The van der Waals surface area contributed by atoms with Crippen molar-refractivity contribution in [3.05, 3.63) is 11.1 Å². The maximum absolute atomic E-state index is 11.2. The minimum atomic E-state index is -0.534. The van der Waals surface area contributed by atoms with Crippen LogP contribution >= 0.6 is 15.9 Å². The lowest BCUT2D eigenvalue weighted by molar-refractivity contribution is -0.130. The molecule has 0 aromatic rings. The molecule has 1 aliphatic rings. The van der Waals surface area contributed by atoms with E-state index in [1.807, 2.05) is 0 Å². The monoisotopic (exact) mass is 275 g/mol. The number of nitrogens with one attached hydrogen (secondary N) is 2. The Labute approximate surface area is 94.8 Å². The van der Waals surface area contributed by atoms with E-state index in [4.69, 9.17) is 0 Å². The molecule has 2 N–H and O–H groups in total. The molecule has 0 radical (unpaired) electrons. The van der Waals surface area contributed by atoms with Crippen LogP contribution in [0.2, 0.25) is 0 Å². The molecule has 0 atom stereocenters. The Balaban J connectivity index is 2.40. The van der Waals surface area contributed by atoms with Crippen LogP contribution in [0, 0.1) is 0 Å². The minimum absolute atomic E-state index is 0.0444. The van der Waals surface area contributed by atoms with Gasteiger partial charge in [-0.3, -0.25) is 14.5 Å². The van der Waals surface area contributed by atoms with E-state index in [1.54, 1.807) is 0 Å². The summed E-state index contributed by atoms with van der Waals surface area (Å²) in [5.41, 5.74) is 0. The molecule has 0 saturated carbocycles. The van der Waals surface area contributed by atoms with Gasteiger partial charge in [-0.1, -0.05) is 22.5 Å². The molecule has 6 nitrogen and oxygen atoms in total. The van der Waals surface area contributed by atoms with E-state index in [0.717, 1.165) is 4.90 Å².